The molecule has 1 spiro atoms. The summed E-state index contributed by atoms with van der Waals surface area (Å²) < 4.78 is 18.0. The summed E-state index contributed by atoms with van der Waals surface area (Å²) >= 11 is 0. The molecule has 0 aromatic heterocycles. The molecule has 0 amide bonds. The largest absolute Gasteiger partial charge is 0.358 e. The summed E-state index contributed by atoms with van der Waals surface area (Å²) in [5.41, 5.74) is 0.288. The Balaban J connectivity index is 1.89. The Kier molecular flexibility index (Phi) is 3.11. The molecule has 0 N–H and O–H groups in total. The summed E-state index contributed by atoms with van der Waals surface area (Å²) in [6.45, 7) is 9.80. The first-order valence-corrected chi connectivity index (χ1v) is 7.52. The number of hydrogen-bond donors (Lipinski definition) is 0. The van der Waals surface area contributed by atoms with Gasteiger partial charge in [-0.25, -0.2) is 0 Å². The van der Waals surface area contributed by atoms with Crippen molar-refractivity contribution in [3.63, 3.8) is 0 Å². The lowest BCUT2D eigenvalue weighted by molar-refractivity contribution is -0.201. The Hall–Kier alpha value is -1.15. The molecule has 0 aromatic rings. The maximum atomic E-state index is 8.72. The predicted molar refractivity (Wildman–Crippen MR) is 78.4 cm³/mol. The molecule has 2 aliphatic heterocycles. The SMILES string of the molecule is CC(=CC#N)/C=C/[C@@]12O[C@]1(C)CC1(CC2(C)C)OCCO1. The van der Waals surface area contributed by atoms with Crippen molar-refractivity contribution in [2.75, 3.05) is 13.2 Å². The van der Waals surface area contributed by atoms with Crippen molar-refractivity contribution >= 4 is 0 Å². The molecule has 3 fully saturated rings. The molecule has 2 saturated heterocycles. The van der Waals surface area contributed by atoms with Crippen molar-refractivity contribution in [1.29, 1.82) is 5.26 Å². The summed E-state index contributed by atoms with van der Waals surface area (Å²) in [4.78, 5) is 0. The van der Waals surface area contributed by atoms with Crippen LogP contribution in [-0.2, 0) is 14.2 Å². The summed E-state index contributed by atoms with van der Waals surface area (Å²) in [5, 5.41) is 8.72. The fraction of sp³-hybridized carbons (Fsp3) is 0.706. The van der Waals surface area contributed by atoms with Crippen molar-refractivity contribution in [3.8, 4) is 6.07 Å². The monoisotopic (exact) mass is 289 g/mol. The quantitative estimate of drug-likeness (QED) is 0.445. The molecule has 0 radical (unpaired) electrons. The van der Waals surface area contributed by atoms with Crippen LogP contribution in [0.1, 0.15) is 40.5 Å². The van der Waals surface area contributed by atoms with Gasteiger partial charge in [0.05, 0.1) is 19.3 Å². The molecule has 4 nitrogen and oxygen atoms in total. The Labute approximate surface area is 126 Å². The number of fused-ring (bicyclic) bond motifs is 1. The zero-order chi connectivity index (χ0) is 15.4. The molecule has 4 heteroatoms. The molecule has 1 saturated carbocycles. The molecule has 0 aromatic carbocycles. The highest BCUT2D eigenvalue weighted by atomic mass is 16.7. The second-order valence-electron chi connectivity index (χ2n) is 7.26. The molecule has 2 atom stereocenters. The van der Waals surface area contributed by atoms with Crippen molar-refractivity contribution in [2.24, 2.45) is 5.41 Å². The van der Waals surface area contributed by atoms with Gasteiger partial charge in [0.25, 0.3) is 0 Å². The maximum Gasteiger partial charge on any atom is 0.172 e. The smallest absolute Gasteiger partial charge is 0.172 e. The van der Waals surface area contributed by atoms with E-state index in [1.165, 1.54) is 0 Å². The average Bonchev–Trinajstić information content (AvgIpc) is 2.74. The lowest BCUT2D eigenvalue weighted by Gasteiger charge is -2.45. The van der Waals surface area contributed by atoms with Crippen LogP contribution in [0.25, 0.3) is 0 Å². The number of allylic oxidation sites excluding steroid dienone is 3. The van der Waals surface area contributed by atoms with Crippen LogP contribution in [0.3, 0.4) is 0 Å². The number of epoxide rings is 1. The maximum absolute atomic E-state index is 8.72. The minimum atomic E-state index is -0.483. The van der Waals surface area contributed by atoms with Gasteiger partial charge in [0.2, 0.25) is 0 Å². The first kappa shape index (κ1) is 14.8. The van der Waals surface area contributed by atoms with E-state index in [0.29, 0.717) is 13.2 Å². The molecule has 0 unspecified atom stereocenters. The van der Waals surface area contributed by atoms with Crippen molar-refractivity contribution in [1.82, 2.24) is 0 Å². The standard InChI is InChI=1S/C17H23NO3/c1-13(6-8-18)5-7-17-14(2,3)11-16(19-9-10-20-16)12-15(17,4)21-17/h5-7H,9-12H2,1-4H3/b7-5+,13-6?/t15-,17+/m1/s1. The first-order chi connectivity index (χ1) is 9.78. The molecule has 0 bridgehead atoms. The topological polar surface area (TPSA) is 54.8 Å². The summed E-state index contributed by atoms with van der Waals surface area (Å²) in [7, 11) is 0. The van der Waals surface area contributed by atoms with E-state index < -0.39 is 5.79 Å². The third kappa shape index (κ3) is 2.07. The van der Waals surface area contributed by atoms with E-state index >= 15 is 0 Å². The zero-order valence-corrected chi connectivity index (χ0v) is 13.2. The van der Waals surface area contributed by atoms with Crippen molar-refractivity contribution in [2.45, 2.75) is 57.5 Å². The van der Waals surface area contributed by atoms with Gasteiger partial charge >= 0.3 is 0 Å². The van der Waals surface area contributed by atoms with Gasteiger partial charge in [-0.15, -0.1) is 0 Å². The van der Waals surface area contributed by atoms with Crippen LogP contribution in [0, 0.1) is 16.7 Å². The Morgan fingerprint density at radius 1 is 1.14 bits per heavy atom. The average molecular weight is 289 g/mol. The number of hydrogen-bond acceptors (Lipinski definition) is 4. The van der Waals surface area contributed by atoms with E-state index in [0.717, 1.165) is 18.4 Å². The summed E-state index contributed by atoms with van der Waals surface area (Å²) in [5.74, 6) is -0.483. The third-order valence-corrected chi connectivity index (χ3v) is 5.14. The second-order valence-corrected chi connectivity index (χ2v) is 7.26. The molecule has 3 rings (SSSR count). The molecule has 2 heterocycles. The van der Waals surface area contributed by atoms with E-state index in [1.54, 1.807) is 6.08 Å². The van der Waals surface area contributed by atoms with Crippen molar-refractivity contribution < 1.29 is 14.2 Å². The summed E-state index contributed by atoms with van der Waals surface area (Å²) in [6, 6.07) is 2.06. The van der Waals surface area contributed by atoms with E-state index in [9.17, 15) is 0 Å². The Morgan fingerprint density at radius 2 is 1.81 bits per heavy atom. The van der Waals surface area contributed by atoms with Gasteiger partial charge in [0.1, 0.15) is 11.2 Å². The summed E-state index contributed by atoms with van der Waals surface area (Å²) in [6.07, 6.45) is 7.24. The van der Waals surface area contributed by atoms with Gasteiger partial charge in [0.15, 0.2) is 5.79 Å². The minimum absolute atomic E-state index is 0.0895. The molecular formula is C17H23NO3. The van der Waals surface area contributed by atoms with Crippen LogP contribution in [0.5, 0.6) is 0 Å². The molecule has 21 heavy (non-hydrogen) atoms. The fourth-order valence-corrected chi connectivity index (χ4v) is 4.27. The number of nitriles is 1. The van der Waals surface area contributed by atoms with Gasteiger partial charge in [-0.3, -0.25) is 0 Å². The van der Waals surface area contributed by atoms with E-state index in [-0.39, 0.29) is 16.6 Å². The van der Waals surface area contributed by atoms with Crippen LogP contribution in [0.4, 0.5) is 0 Å². The van der Waals surface area contributed by atoms with Crippen LogP contribution in [-0.4, -0.2) is 30.2 Å². The van der Waals surface area contributed by atoms with Crippen LogP contribution in [0.15, 0.2) is 23.8 Å². The van der Waals surface area contributed by atoms with E-state index in [1.807, 2.05) is 13.0 Å². The van der Waals surface area contributed by atoms with E-state index in [4.69, 9.17) is 19.5 Å². The van der Waals surface area contributed by atoms with Gasteiger partial charge in [-0.2, -0.15) is 5.26 Å². The number of nitrogens with zero attached hydrogens (tertiary/aromatic N) is 1. The fourth-order valence-electron chi connectivity index (χ4n) is 4.27. The normalized spacial score (nSPS) is 40.2. The van der Waals surface area contributed by atoms with Gasteiger partial charge < -0.3 is 14.2 Å². The Morgan fingerprint density at radius 3 is 2.38 bits per heavy atom. The van der Waals surface area contributed by atoms with Crippen LogP contribution in [0.2, 0.25) is 0 Å². The molecule has 114 valence electrons. The van der Waals surface area contributed by atoms with Gasteiger partial charge in [0, 0.05) is 24.3 Å². The number of ether oxygens (including phenoxy) is 3. The second kappa shape index (κ2) is 4.42. The molecular weight excluding hydrogens is 266 g/mol. The lowest BCUT2D eigenvalue weighted by atomic mass is 9.61. The van der Waals surface area contributed by atoms with Crippen LogP contribution < -0.4 is 0 Å². The first-order valence-electron chi connectivity index (χ1n) is 7.52. The van der Waals surface area contributed by atoms with Crippen LogP contribution >= 0.6 is 0 Å². The Bertz CT molecular complexity index is 551. The zero-order valence-electron chi connectivity index (χ0n) is 13.2. The highest BCUT2D eigenvalue weighted by Crippen LogP contribution is 2.69. The molecule has 1 aliphatic carbocycles. The van der Waals surface area contributed by atoms with E-state index in [2.05, 4.69) is 32.9 Å². The third-order valence-electron chi connectivity index (χ3n) is 5.14. The minimum Gasteiger partial charge on any atom is -0.358 e. The van der Waals surface area contributed by atoms with Crippen molar-refractivity contribution in [3.05, 3.63) is 23.8 Å². The van der Waals surface area contributed by atoms with Gasteiger partial charge in [-0.05, 0) is 25.5 Å². The lowest BCUT2D eigenvalue weighted by Crippen LogP contribution is -2.52. The predicted octanol–water partition coefficient (Wildman–Crippen LogP) is 3.10. The molecule has 3 aliphatic rings. The van der Waals surface area contributed by atoms with Gasteiger partial charge in [-0.1, -0.05) is 19.9 Å². The number of rotatable bonds is 2. The highest BCUT2D eigenvalue weighted by Gasteiger charge is 2.78. The highest BCUT2D eigenvalue weighted by molar-refractivity contribution is 5.36.